The van der Waals surface area contributed by atoms with E-state index < -0.39 is 17.9 Å². The summed E-state index contributed by atoms with van der Waals surface area (Å²) in [6.07, 6.45) is 8.45. The van der Waals surface area contributed by atoms with Crippen molar-refractivity contribution in [2.24, 2.45) is 0 Å². The first-order valence-corrected chi connectivity index (χ1v) is 11.2. The summed E-state index contributed by atoms with van der Waals surface area (Å²) in [4.78, 5) is 12.0. The molecular weight excluding hydrogens is 444 g/mol. The van der Waals surface area contributed by atoms with Gasteiger partial charge in [-0.3, -0.25) is 0 Å². The van der Waals surface area contributed by atoms with Gasteiger partial charge in [0.05, 0.1) is 12.2 Å². The van der Waals surface area contributed by atoms with E-state index in [0.717, 1.165) is 0 Å². The molecule has 0 radical (unpaired) electrons. The number of aliphatic hydroxyl groups is 1. The second-order valence-electron chi connectivity index (χ2n) is 8.42. The van der Waals surface area contributed by atoms with Crippen LogP contribution in [0.5, 0.6) is 11.5 Å². The van der Waals surface area contributed by atoms with Crippen LogP contribution < -0.4 is 9.47 Å². The van der Waals surface area contributed by atoms with E-state index in [1.807, 2.05) is 32.1 Å². The van der Waals surface area contributed by atoms with Gasteiger partial charge >= 0.3 is 5.97 Å². The number of benzene rings is 1. The normalized spacial score (nSPS) is 20.8. The molecule has 2 N–H and O–H groups in total. The van der Waals surface area contributed by atoms with Crippen molar-refractivity contribution >= 4 is 12.0 Å². The highest BCUT2D eigenvalue weighted by molar-refractivity contribution is 5.95. The van der Waals surface area contributed by atoms with E-state index in [1.165, 1.54) is 20.3 Å². The van der Waals surface area contributed by atoms with Crippen molar-refractivity contribution in [2.45, 2.75) is 64.1 Å². The van der Waals surface area contributed by atoms with Crippen molar-refractivity contribution in [2.75, 3.05) is 27.8 Å². The molecular formula is C25H36O9. The number of rotatable bonds is 14. The number of aliphatic hydroxyl groups excluding tert-OH is 1. The molecule has 1 aliphatic rings. The van der Waals surface area contributed by atoms with Crippen LogP contribution in [-0.4, -0.2) is 68.1 Å². The third-order valence-corrected chi connectivity index (χ3v) is 4.94. The van der Waals surface area contributed by atoms with Gasteiger partial charge in [-0.25, -0.2) is 4.79 Å². The van der Waals surface area contributed by atoms with E-state index in [-0.39, 0.29) is 37.1 Å². The molecule has 0 spiro atoms. The third kappa shape index (κ3) is 8.73. The van der Waals surface area contributed by atoms with Gasteiger partial charge in [0.15, 0.2) is 19.4 Å². The third-order valence-electron chi connectivity index (χ3n) is 4.94. The first-order valence-electron chi connectivity index (χ1n) is 11.2. The number of carbonyl (C=O) groups is 1. The van der Waals surface area contributed by atoms with E-state index in [4.69, 9.17) is 28.4 Å². The highest BCUT2D eigenvalue weighted by atomic mass is 16.7. The van der Waals surface area contributed by atoms with Crippen molar-refractivity contribution in [1.82, 2.24) is 0 Å². The molecule has 1 fully saturated rings. The Morgan fingerprint density at radius 3 is 2.50 bits per heavy atom. The topological polar surface area (TPSA) is 113 Å². The van der Waals surface area contributed by atoms with Crippen LogP contribution in [0.4, 0.5) is 0 Å². The van der Waals surface area contributed by atoms with Crippen molar-refractivity contribution in [3.63, 3.8) is 0 Å². The Morgan fingerprint density at radius 1 is 1.15 bits per heavy atom. The molecule has 1 saturated heterocycles. The first-order chi connectivity index (χ1) is 16.2. The molecule has 0 unspecified atom stereocenters. The molecule has 0 aromatic heterocycles. The van der Waals surface area contributed by atoms with Gasteiger partial charge in [-0.2, -0.15) is 0 Å². The fourth-order valence-electron chi connectivity index (χ4n) is 3.55. The van der Waals surface area contributed by atoms with E-state index in [0.29, 0.717) is 30.6 Å². The maximum absolute atomic E-state index is 12.0. The van der Waals surface area contributed by atoms with E-state index in [1.54, 1.807) is 19.1 Å². The lowest BCUT2D eigenvalue weighted by molar-refractivity contribution is -0.143. The minimum atomic E-state index is -1.12. The zero-order valence-electron chi connectivity index (χ0n) is 20.5. The van der Waals surface area contributed by atoms with Crippen LogP contribution in [0.15, 0.2) is 30.4 Å². The first kappa shape index (κ1) is 27.8. The van der Waals surface area contributed by atoms with Crippen LogP contribution in [0.3, 0.4) is 0 Å². The monoisotopic (exact) mass is 480 g/mol. The van der Waals surface area contributed by atoms with Crippen LogP contribution >= 0.6 is 0 Å². The van der Waals surface area contributed by atoms with Gasteiger partial charge in [0.2, 0.25) is 0 Å². The summed E-state index contributed by atoms with van der Waals surface area (Å²) in [5, 5.41) is 19.2. The van der Waals surface area contributed by atoms with Crippen LogP contribution in [-0.2, 0) is 18.9 Å². The van der Waals surface area contributed by atoms with Crippen LogP contribution in [0, 0.1) is 0 Å². The summed E-state index contributed by atoms with van der Waals surface area (Å²) >= 11 is 0. The molecule has 1 aliphatic heterocycles. The highest BCUT2D eigenvalue weighted by Gasteiger charge is 2.39. The van der Waals surface area contributed by atoms with Gasteiger partial charge in [-0.15, -0.1) is 0 Å². The summed E-state index contributed by atoms with van der Waals surface area (Å²) < 4.78 is 32.8. The molecule has 0 amide bonds. The molecule has 0 aliphatic carbocycles. The van der Waals surface area contributed by atoms with Gasteiger partial charge < -0.3 is 38.6 Å². The SMILES string of the molecule is COCOc1cc(/C=C/CC[C@@H]2OC(C)(C)O[C@@H]2/C=C/C[C@H](C)O)c(C(=O)O)c(OCOC)c1. The van der Waals surface area contributed by atoms with Crippen LogP contribution in [0.25, 0.3) is 6.08 Å². The second kappa shape index (κ2) is 13.5. The molecule has 1 heterocycles. The van der Waals surface area contributed by atoms with Gasteiger partial charge in [0.1, 0.15) is 23.2 Å². The predicted molar refractivity (Wildman–Crippen MR) is 126 cm³/mol. The fraction of sp³-hybridized carbons (Fsp3) is 0.560. The van der Waals surface area contributed by atoms with Crippen molar-refractivity contribution in [1.29, 1.82) is 0 Å². The smallest absolute Gasteiger partial charge is 0.340 e. The molecule has 0 bridgehead atoms. The quantitative estimate of drug-likeness (QED) is 0.301. The Hall–Kier alpha value is -2.43. The van der Waals surface area contributed by atoms with Crippen LogP contribution in [0.1, 0.15) is 56.0 Å². The summed E-state index contributed by atoms with van der Waals surface area (Å²) in [7, 11) is 2.95. The number of ether oxygens (including phenoxy) is 6. The number of methoxy groups -OCH3 is 2. The fourth-order valence-corrected chi connectivity index (χ4v) is 3.55. The molecule has 3 atom stereocenters. The minimum Gasteiger partial charge on any atom is -0.478 e. The Balaban J connectivity index is 2.16. The number of aromatic carboxylic acids is 1. The Labute approximate surface area is 200 Å². The molecule has 1 aromatic rings. The highest BCUT2D eigenvalue weighted by Crippen LogP contribution is 2.33. The van der Waals surface area contributed by atoms with Crippen molar-refractivity contribution in [3.05, 3.63) is 41.5 Å². The molecule has 9 heteroatoms. The number of allylic oxidation sites excluding steroid dienone is 1. The van der Waals surface area contributed by atoms with Gasteiger partial charge in [-0.1, -0.05) is 24.3 Å². The lowest BCUT2D eigenvalue weighted by Crippen LogP contribution is -2.21. The van der Waals surface area contributed by atoms with Gasteiger partial charge in [0.25, 0.3) is 0 Å². The number of carboxylic acids is 1. The van der Waals surface area contributed by atoms with Gasteiger partial charge in [0, 0.05) is 20.3 Å². The Morgan fingerprint density at radius 2 is 1.85 bits per heavy atom. The predicted octanol–water partition coefficient (Wildman–Crippen LogP) is 3.99. The molecule has 34 heavy (non-hydrogen) atoms. The minimum absolute atomic E-state index is 0.0120. The largest absolute Gasteiger partial charge is 0.478 e. The summed E-state index contributed by atoms with van der Waals surface area (Å²) in [6, 6.07) is 3.12. The maximum Gasteiger partial charge on any atom is 0.340 e. The van der Waals surface area contributed by atoms with Crippen LogP contribution in [0.2, 0.25) is 0 Å². The Bertz CT molecular complexity index is 845. The second-order valence-corrected chi connectivity index (χ2v) is 8.42. The standard InChI is InChI=1S/C25H36O9/c1-17(26)9-8-12-21-20(33-25(2,3)34-21)11-7-6-10-18-13-19(31-15-29-4)14-22(32-16-30-5)23(18)24(27)28/h6,8,10,12-14,17,20-21,26H,7,9,11,15-16H2,1-5H3,(H,27,28)/b10-6+,12-8+/t17-,20-,21+/m0/s1. The van der Waals surface area contributed by atoms with E-state index in [2.05, 4.69) is 0 Å². The Kier molecular flexibility index (Phi) is 11.0. The van der Waals surface area contributed by atoms with Gasteiger partial charge in [-0.05, 0) is 51.7 Å². The summed E-state index contributed by atoms with van der Waals surface area (Å²) in [5.74, 6) is -1.28. The van der Waals surface area contributed by atoms with E-state index >= 15 is 0 Å². The maximum atomic E-state index is 12.0. The summed E-state index contributed by atoms with van der Waals surface area (Å²) in [6.45, 7) is 5.37. The number of carboxylic acid groups (broad SMARTS) is 1. The summed E-state index contributed by atoms with van der Waals surface area (Å²) in [5.41, 5.74) is 0.447. The van der Waals surface area contributed by atoms with E-state index in [9.17, 15) is 15.0 Å². The zero-order chi connectivity index (χ0) is 25.1. The average molecular weight is 481 g/mol. The molecule has 190 valence electrons. The van der Waals surface area contributed by atoms with Crippen molar-refractivity contribution < 1.29 is 43.4 Å². The molecule has 1 aromatic carbocycles. The molecule has 9 nitrogen and oxygen atoms in total. The number of hydrogen-bond donors (Lipinski definition) is 2. The average Bonchev–Trinajstić information content (AvgIpc) is 3.06. The zero-order valence-corrected chi connectivity index (χ0v) is 20.5. The van der Waals surface area contributed by atoms with Crippen molar-refractivity contribution in [3.8, 4) is 11.5 Å². The lowest BCUT2D eigenvalue weighted by Gasteiger charge is -2.16. The molecule has 2 rings (SSSR count). The number of hydrogen-bond acceptors (Lipinski definition) is 8. The molecule has 0 saturated carbocycles. The lowest BCUT2D eigenvalue weighted by atomic mass is 10.0.